The normalized spacial score (nSPS) is 11.9. The quantitative estimate of drug-likeness (QED) is 0.324. The van der Waals surface area contributed by atoms with E-state index in [4.69, 9.17) is 9.47 Å². The first-order chi connectivity index (χ1) is 17.4. The summed E-state index contributed by atoms with van der Waals surface area (Å²) in [4.78, 5) is 13.4. The van der Waals surface area contributed by atoms with Crippen molar-refractivity contribution >= 4 is 16.8 Å². The van der Waals surface area contributed by atoms with Gasteiger partial charge in [-0.15, -0.1) is 0 Å². The average Bonchev–Trinajstić information content (AvgIpc) is 3.22. The van der Waals surface area contributed by atoms with Crippen LogP contribution in [0.25, 0.3) is 22.0 Å². The van der Waals surface area contributed by atoms with Crippen LogP contribution >= 0.6 is 0 Å². The van der Waals surface area contributed by atoms with Gasteiger partial charge in [0.25, 0.3) is 5.91 Å². The molecular formula is C29H31FN2O4. The number of nitrogens with one attached hydrogen (secondary N) is 1. The van der Waals surface area contributed by atoms with Crippen LogP contribution in [0.1, 0.15) is 29.3 Å². The lowest BCUT2D eigenvalue weighted by molar-refractivity contribution is 0.0912. The Labute approximate surface area is 210 Å². The molecule has 3 aromatic carbocycles. The van der Waals surface area contributed by atoms with Crippen molar-refractivity contribution in [3.63, 3.8) is 0 Å². The SMILES string of the molecule is CCCOc1ccc(-c2cc(OC)ccc2F)cc1C(=O)N[C@@H](CO)Cc1cn(C)c2ccccc12. The van der Waals surface area contributed by atoms with E-state index >= 15 is 0 Å². The molecule has 1 heterocycles. The number of benzene rings is 3. The highest BCUT2D eigenvalue weighted by molar-refractivity contribution is 5.98. The first kappa shape index (κ1) is 25.3. The third-order valence-corrected chi connectivity index (χ3v) is 6.17. The molecule has 0 unspecified atom stereocenters. The molecule has 0 radical (unpaired) electrons. The molecule has 0 saturated heterocycles. The Morgan fingerprint density at radius 1 is 1.14 bits per heavy atom. The molecule has 0 aliphatic heterocycles. The van der Waals surface area contributed by atoms with Crippen LogP contribution in [0.3, 0.4) is 0 Å². The molecule has 0 bridgehead atoms. The number of halogens is 1. The van der Waals surface area contributed by atoms with Gasteiger partial charge in [-0.25, -0.2) is 4.39 Å². The van der Waals surface area contributed by atoms with E-state index < -0.39 is 17.8 Å². The largest absolute Gasteiger partial charge is 0.497 e. The number of methoxy groups -OCH3 is 1. The fraction of sp³-hybridized carbons (Fsp3) is 0.276. The van der Waals surface area contributed by atoms with E-state index in [1.54, 1.807) is 30.3 Å². The Balaban J connectivity index is 1.64. The second kappa shape index (κ2) is 11.3. The van der Waals surface area contributed by atoms with Gasteiger partial charge in [-0.2, -0.15) is 0 Å². The second-order valence-corrected chi connectivity index (χ2v) is 8.74. The molecule has 36 heavy (non-hydrogen) atoms. The fourth-order valence-corrected chi connectivity index (χ4v) is 4.34. The number of aliphatic hydroxyl groups is 1. The first-order valence-electron chi connectivity index (χ1n) is 12.0. The van der Waals surface area contributed by atoms with Gasteiger partial charge in [-0.1, -0.05) is 31.2 Å². The molecule has 188 valence electrons. The van der Waals surface area contributed by atoms with Crippen LogP contribution in [0.4, 0.5) is 4.39 Å². The summed E-state index contributed by atoms with van der Waals surface area (Å²) in [6.45, 7) is 2.18. The molecule has 6 nitrogen and oxygen atoms in total. The molecule has 7 heteroatoms. The number of nitrogens with zero attached hydrogens (tertiary/aromatic N) is 1. The lowest BCUT2D eigenvalue weighted by Gasteiger charge is -2.18. The summed E-state index contributed by atoms with van der Waals surface area (Å²) in [5.41, 5.74) is 3.23. The van der Waals surface area contributed by atoms with E-state index in [1.165, 1.54) is 13.2 Å². The molecule has 1 amide bonds. The summed E-state index contributed by atoms with van der Waals surface area (Å²) >= 11 is 0. The molecule has 2 N–H and O–H groups in total. The van der Waals surface area contributed by atoms with Gasteiger partial charge in [-0.05, 0) is 60.4 Å². The van der Waals surface area contributed by atoms with Crippen molar-refractivity contribution in [2.24, 2.45) is 7.05 Å². The van der Waals surface area contributed by atoms with Crippen LogP contribution in [0.15, 0.2) is 66.9 Å². The Bertz CT molecular complexity index is 1360. The van der Waals surface area contributed by atoms with Gasteiger partial charge in [-0.3, -0.25) is 4.79 Å². The number of para-hydroxylation sites is 1. The van der Waals surface area contributed by atoms with Crippen LogP contribution in [-0.4, -0.2) is 41.9 Å². The number of hydrogen-bond donors (Lipinski definition) is 2. The molecule has 1 atom stereocenters. The highest BCUT2D eigenvalue weighted by Gasteiger charge is 2.21. The van der Waals surface area contributed by atoms with Crippen LogP contribution in [0.2, 0.25) is 0 Å². The zero-order chi connectivity index (χ0) is 25.7. The maximum atomic E-state index is 14.6. The number of aromatic nitrogens is 1. The molecule has 0 spiro atoms. The minimum atomic E-state index is -0.514. The number of rotatable bonds is 10. The number of carbonyl (C=O) groups is 1. The summed E-state index contributed by atoms with van der Waals surface area (Å²) in [7, 11) is 3.49. The second-order valence-electron chi connectivity index (χ2n) is 8.74. The van der Waals surface area contributed by atoms with Crippen LogP contribution in [0, 0.1) is 5.82 Å². The zero-order valence-corrected chi connectivity index (χ0v) is 20.8. The zero-order valence-electron chi connectivity index (χ0n) is 20.8. The molecule has 4 aromatic rings. The van der Waals surface area contributed by atoms with E-state index in [0.29, 0.717) is 35.7 Å². The van der Waals surface area contributed by atoms with Gasteiger partial charge in [0.1, 0.15) is 17.3 Å². The summed E-state index contributed by atoms with van der Waals surface area (Å²) in [5, 5.41) is 14.1. The number of aryl methyl sites for hydroxylation is 1. The third kappa shape index (κ3) is 5.36. The van der Waals surface area contributed by atoms with Gasteiger partial charge in [0.15, 0.2) is 0 Å². The van der Waals surface area contributed by atoms with E-state index in [2.05, 4.69) is 5.32 Å². The van der Waals surface area contributed by atoms with Crippen LogP contribution in [0.5, 0.6) is 11.5 Å². The van der Waals surface area contributed by atoms with Crippen molar-refractivity contribution in [1.82, 2.24) is 9.88 Å². The lowest BCUT2D eigenvalue weighted by atomic mass is 10.0. The maximum Gasteiger partial charge on any atom is 0.255 e. The van der Waals surface area contributed by atoms with Crippen LogP contribution < -0.4 is 14.8 Å². The van der Waals surface area contributed by atoms with E-state index in [-0.39, 0.29) is 12.2 Å². The van der Waals surface area contributed by atoms with Crippen LogP contribution in [-0.2, 0) is 13.5 Å². The van der Waals surface area contributed by atoms with Crippen molar-refractivity contribution in [3.05, 3.63) is 83.8 Å². The highest BCUT2D eigenvalue weighted by atomic mass is 19.1. The third-order valence-electron chi connectivity index (χ3n) is 6.17. The summed E-state index contributed by atoms with van der Waals surface area (Å²) < 4.78 is 27.7. The number of aliphatic hydroxyl groups excluding tert-OH is 1. The number of ether oxygens (including phenoxy) is 2. The monoisotopic (exact) mass is 490 g/mol. The number of hydrogen-bond acceptors (Lipinski definition) is 4. The van der Waals surface area contributed by atoms with E-state index in [0.717, 1.165) is 22.9 Å². The molecule has 1 aromatic heterocycles. The Hall–Kier alpha value is -3.84. The van der Waals surface area contributed by atoms with Crippen molar-refractivity contribution in [3.8, 4) is 22.6 Å². The predicted octanol–water partition coefficient (Wildman–Crippen LogP) is 5.12. The number of carbonyl (C=O) groups excluding carboxylic acids is 1. The number of fused-ring (bicyclic) bond motifs is 1. The minimum Gasteiger partial charge on any atom is -0.497 e. The minimum absolute atomic E-state index is 0.232. The fourth-order valence-electron chi connectivity index (χ4n) is 4.34. The van der Waals surface area contributed by atoms with Crippen molar-refractivity contribution in [2.45, 2.75) is 25.8 Å². The lowest BCUT2D eigenvalue weighted by Crippen LogP contribution is -2.39. The van der Waals surface area contributed by atoms with Gasteiger partial charge in [0.2, 0.25) is 0 Å². The van der Waals surface area contributed by atoms with Gasteiger partial charge < -0.3 is 24.5 Å². The van der Waals surface area contributed by atoms with Gasteiger partial charge >= 0.3 is 0 Å². The molecule has 4 rings (SSSR count). The van der Waals surface area contributed by atoms with Gasteiger partial charge in [0.05, 0.1) is 31.9 Å². The average molecular weight is 491 g/mol. The standard InChI is InChI=1S/C29H31FN2O4/c1-4-13-36-28-12-9-19(24-16-22(35-3)10-11-26(24)30)15-25(28)29(34)31-21(18-33)14-20-17-32(2)27-8-6-5-7-23(20)27/h5-12,15-17,21,33H,4,13-14,18H2,1-3H3,(H,31,34)/t21-/m1/s1. The topological polar surface area (TPSA) is 72.7 Å². The molecule has 0 aliphatic rings. The van der Waals surface area contributed by atoms with Crippen molar-refractivity contribution in [1.29, 1.82) is 0 Å². The maximum absolute atomic E-state index is 14.6. The first-order valence-corrected chi connectivity index (χ1v) is 12.0. The Kier molecular flexibility index (Phi) is 7.90. The predicted molar refractivity (Wildman–Crippen MR) is 139 cm³/mol. The summed E-state index contributed by atoms with van der Waals surface area (Å²) in [6.07, 6.45) is 3.24. The molecule has 0 saturated carbocycles. The molecule has 0 aliphatic carbocycles. The van der Waals surface area contributed by atoms with E-state index in [1.807, 2.05) is 49.0 Å². The van der Waals surface area contributed by atoms with Crippen molar-refractivity contribution < 1.29 is 23.8 Å². The highest BCUT2D eigenvalue weighted by Crippen LogP contribution is 2.31. The van der Waals surface area contributed by atoms with E-state index in [9.17, 15) is 14.3 Å². The summed E-state index contributed by atoms with van der Waals surface area (Å²) in [6, 6.07) is 17.0. The van der Waals surface area contributed by atoms with Gasteiger partial charge in [0, 0.05) is 29.7 Å². The smallest absolute Gasteiger partial charge is 0.255 e. The number of amides is 1. The van der Waals surface area contributed by atoms with Crippen molar-refractivity contribution in [2.75, 3.05) is 20.3 Å². The summed E-state index contributed by atoms with van der Waals surface area (Å²) in [5.74, 6) is 0.0986. The Morgan fingerprint density at radius 2 is 1.94 bits per heavy atom. The molecular weight excluding hydrogens is 459 g/mol. The Morgan fingerprint density at radius 3 is 2.69 bits per heavy atom. The molecule has 0 fully saturated rings.